The number of nitriles is 1. The molecular formula is C60H36N6. The van der Waals surface area contributed by atoms with Crippen molar-refractivity contribution in [1.82, 2.24) is 19.1 Å². The summed E-state index contributed by atoms with van der Waals surface area (Å²) < 4.78 is 4.48. The molecule has 0 saturated heterocycles. The Balaban J connectivity index is 1.14. The number of fused-ring (bicyclic) bond motifs is 6. The summed E-state index contributed by atoms with van der Waals surface area (Å²) in [6, 6.07) is 77.1. The van der Waals surface area contributed by atoms with Gasteiger partial charge in [-0.3, -0.25) is 0 Å². The normalized spacial score (nSPS) is 11.3. The summed E-state index contributed by atoms with van der Waals surface area (Å²) in [7, 11) is 0. The minimum absolute atomic E-state index is 0.496. The minimum Gasteiger partial charge on any atom is -0.308 e. The molecule has 0 bridgehead atoms. The molecule has 6 nitrogen and oxygen atoms in total. The van der Waals surface area contributed by atoms with Crippen LogP contribution in [0.1, 0.15) is 5.56 Å². The van der Waals surface area contributed by atoms with Gasteiger partial charge in [-0.05, 0) is 66.2 Å². The van der Waals surface area contributed by atoms with E-state index >= 15 is 0 Å². The lowest BCUT2D eigenvalue weighted by Gasteiger charge is -2.20. The number of para-hydroxylation sites is 2. The van der Waals surface area contributed by atoms with Crippen molar-refractivity contribution in [3.8, 4) is 73.6 Å². The van der Waals surface area contributed by atoms with Gasteiger partial charge in [0.2, 0.25) is 0 Å². The van der Waals surface area contributed by atoms with Gasteiger partial charge in [0.15, 0.2) is 5.69 Å². The highest BCUT2D eigenvalue weighted by atomic mass is 15.0. The Bertz CT molecular complexity index is 3960. The third-order valence-corrected chi connectivity index (χ3v) is 12.6. The van der Waals surface area contributed by atoms with Crippen LogP contribution in [-0.4, -0.2) is 19.1 Å². The zero-order valence-electron chi connectivity index (χ0n) is 35.5. The predicted octanol–water partition coefficient (Wildman–Crippen LogP) is 15.4. The molecule has 6 heteroatoms. The molecule has 0 aliphatic heterocycles. The molecule has 12 rings (SSSR count). The van der Waals surface area contributed by atoms with Gasteiger partial charge in [0.25, 0.3) is 0 Å². The van der Waals surface area contributed by atoms with Crippen LogP contribution in [-0.2, 0) is 0 Å². The maximum absolute atomic E-state index is 11.8. The Morgan fingerprint density at radius 2 is 0.864 bits per heavy atom. The van der Waals surface area contributed by atoms with Gasteiger partial charge < -0.3 is 9.13 Å². The van der Waals surface area contributed by atoms with Crippen LogP contribution in [0.4, 0.5) is 5.69 Å². The van der Waals surface area contributed by atoms with E-state index in [2.05, 4.69) is 154 Å². The van der Waals surface area contributed by atoms with Gasteiger partial charge >= 0.3 is 0 Å². The molecule has 0 N–H and O–H groups in total. The monoisotopic (exact) mass is 840 g/mol. The summed E-state index contributed by atoms with van der Waals surface area (Å²) in [5, 5.41) is 16.0. The lowest BCUT2D eigenvalue weighted by molar-refractivity contribution is 1.12. The average Bonchev–Trinajstić information content (AvgIpc) is 3.90. The Morgan fingerprint density at radius 1 is 0.394 bits per heavy atom. The molecule has 8 aromatic carbocycles. The molecule has 0 radical (unpaired) electrons. The van der Waals surface area contributed by atoms with Crippen molar-refractivity contribution in [2.45, 2.75) is 0 Å². The third kappa shape index (κ3) is 6.33. The first-order chi connectivity index (χ1) is 32.6. The summed E-state index contributed by atoms with van der Waals surface area (Å²) >= 11 is 0. The molecule has 66 heavy (non-hydrogen) atoms. The Morgan fingerprint density at radius 3 is 1.42 bits per heavy atom. The van der Waals surface area contributed by atoms with Crippen molar-refractivity contribution in [2.24, 2.45) is 0 Å². The standard InChI is InChI=1S/C60H36N6/c1-62-44-20-12-19-41(35-44)45-33-34-57(65-55-27-10-8-21-46(55)48-31-29-42(36-58(48)65)53-25-13-23-51(63-53)39-15-4-2-5-16-39)50(38-61)60(45)66-56-28-11-9-22-47(56)49-32-30-43(37-59(49)66)54-26-14-24-52(64-54)40-17-6-3-7-18-40/h2-37H. The molecule has 0 aliphatic rings. The number of aromatic nitrogens is 4. The molecule has 0 unspecified atom stereocenters. The van der Waals surface area contributed by atoms with E-state index in [0.717, 1.165) is 111 Å². The van der Waals surface area contributed by atoms with Crippen LogP contribution in [0.15, 0.2) is 218 Å². The summed E-state index contributed by atoms with van der Waals surface area (Å²) in [6.07, 6.45) is 0. The van der Waals surface area contributed by atoms with Gasteiger partial charge in [-0.15, -0.1) is 0 Å². The van der Waals surface area contributed by atoms with E-state index in [9.17, 15) is 5.26 Å². The second-order valence-electron chi connectivity index (χ2n) is 16.3. The maximum Gasteiger partial charge on any atom is 0.187 e. The van der Waals surface area contributed by atoms with Gasteiger partial charge in [-0.1, -0.05) is 158 Å². The van der Waals surface area contributed by atoms with Gasteiger partial charge in [0.1, 0.15) is 11.6 Å². The molecule has 0 spiro atoms. The highest BCUT2D eigenvalue weighted by molar-refractivity contribution is 6.12. The zero-order chi connectivity index (χ0) is 44.1. The van der Waals surface area contributed by atoms with Crippen molar-refractivity contribution < 1.29 is 0 Å². The van der Waals surface area contributed by atoms with Crippen molar-refractivity contribution >= 4 is 49.3 Å². The van der Waals surface area contributed by atoms with E-state index in [0.29, 0.717) is 11.3 Å². The van der Waals surface area contributed by atoms with Crippen molar-refractivity contribution in [2.75, 3.05) is 0 Å². The molecule has 12 aromatic rings. The van der Waals surface area contributed by atoms with Crippen LogP contribution in [0.25, 0.3) is 116 Å². The summed E-state index contributed by atoms with van der Waals surface area (Å²) in [5.41, 5.74) is 15.5. The van der Waals surface area contributed by atoms with E-state index < -0.39 is 0 Å². The number of nitrogens with zero attached hydrogens (tertiary/aromatic N) is 6. The molecule has 0 atom stereocenters. The molecule has 306 valence electrons. The Hall–Kier alpha value is -9.36. The highest BCUT2D eigenvalue weighted by Gasteiger charge is 2.25. The van der Waals surface area contributed by atoms with Crippen molar-refractivity contribution in [3.05, 3.63) is 235 Å². The second kappa shape index (κ2) is 15.8. The quantitative estimate of drug-likeness (QED) is 0.150. The first-order valence-corrected chi connectivity index (χ1v) is 21.8. The van der Waals surface area contributed by atoms with Crippen LogP contribution in [0.2, 0.25) is 0 Å². The predicted molar refractivity (Wildman–Crippen MR) is 269 cm³/mol. The number of hydrogen-bond acceptors (Lipinski definition) is 3. The van der Waals surface area contributed by atoms with E-state index in [4.69, 9.17) is 16.5 Å². The van der Waals surface area contributed by atoms with Crippen LogP contribution < -0.4 is 0 Å². The fraction of sp³-hybridized carbons (Fsp3) is 0. The molecule has 0 saturated carbocycles. The van der Waals surface area contributed by atoms with Gasteiger partial charge in [0.05, 0.1) is 62.8 Å². The average molecular weight is 841 g/mol. The fourth-order valence-electron chi connectivity index (χ4n) is 9.58. The summed E-state index contributed by atoms with van der Waals surface area (Å²) in [6.45, 7) is 7.94. The van der Waals surface area contributed by atoms with Crippen LogP contribution in [0, 0.1) is 17.9 Å². The minimum atomic E-state index is 0.496. The van der Waals surface area contributed by atoms with Crippen LogP contribution >= 0.6 is 0 Å². The molecule has 0 fully saturated rings. The third-order valence-electron chi connectivity index (χ3n) is 12.6. The second-order valence-corrected chi connectivity index (χ2v) is 16.3. The van der Waals surface area contributed by atoms with Crippen LogP contribution in [0.5, 0.6) is 0 Å². The summed E-state index contributed by atoms with van der Waals surface area (Å²) in [4.78, 5) is 14.1. The van der Waals surface area contributed by atoms with E-state index in [1.807, 2.05) is 84.9 Å². The SMILES string of the molecule is [C-]#[N+]c1cccc(-c2ccc(-n3c4ccccc4c4ccc(-c5cccc(-c6ccccc6)n5)cc43)c(C#N)c2-n2c3ccccc3c3ccc(-c4cccc(-c5ccccc5)n4)cc32)c1. The molecule has 4 aromatic heterocycles. The topological polar surface area (TPSA) is 63.8 Å². The first kappa shape index (κ1) is 38.3. The van der Waals surface area contributed by atoms with Gasteiger partial charge in [-0.2, -0.15) is 5.26 Å². The number of hydrogen-bond donors (Lipinski definition) is 0. The lowest BCUT2D eigenvalue weighted by Crippen LogP contribution is -2.06. The highest BCUT2D eigenvalue weighted by Crippen LogP contribution is 2.43. The molecular weight excluding hydrogens is 805 g/mol. The van der Waals surface area contributed by atoms with E-state index in [1.54, 1.807) is 0 Å². The first-order valence-electron chi connectivity index (χ1n) is 21.8. The molecule has 4 heterocycles. The lowest BCUT2D eigenvalue weighted by atomic mass is 9.97. The van der Waals surface area contributed by atoms with E-state index in [1.165, 1.54) is 0 Å². The molecule has 0 amide bonds. The van der Waals surface area contributed by atoms with E-state index in [-0.39, 0.29) is 0 Å². The van der Waals surface area contributed by atoms with Gasteiger partial charge in [-0.25, -0.2) is 14.8 Å². The van der Waals surface area contributed by atoms with Gasteiger partial charge in [0, 0.05) is 49.4 Å². The smallest absolute Gasteiger partial charge is 0.187 e. The fourth-order valence-corrected chi connectivity index (χ4v) is 9.58. The van der Waals surface area contributed by atoms with Crippen molar-refractivity contribution in [3.63, 3.8) is 0 Å². The van der Waals surface area contributed by atoms with Crippen LogP contribution in [0.3, 0.4) is 0 Å². The number of pyridine rings is 2. The number of rotatable bonds is 7. The Kier molecular flexibility index (Phi) is 9.16. The number of benzene rings is 8. The largest absolute Gasteiger partial charge is 0.308 e. The van der Waals surface area contributed by atoms with Crippen molar-refractivity contribution in [1.29, 1.82) is 5.26 Å². The zero-order valence-corrected chi connectivity index (χ0v) is 35.5. The maximum atomic E-state index is 11.8. The molecule has 0 aliphatic carbocycles. The summed E-state index contributed by atoms with van der Waals surface area (Å²) in [5.74, 6) is 0. The Labute approximate surface area is 381 Å².